The Kier molecular flexibility index (Phi) is 6.09. The first-order valence-corrected chi connectivity index (χ1v) is 8.02. The molecule has 0 aromatic heterocycles. The number of halogens is 5. The van der Waals surface area contributed by atoms with Gasteiger partial charge in [-0.15, -0.1) is 0 Å². The van der Waals surface area contributed by atoms with Gasteiger partial charge in [0.25, 0.3) is 0 Å². The van der Waals surface area contributed by atoms with Gasteiger partial charge >= 0.3 is 18.1 Å². The molecule has 27 heavy (non-hydrogen) atoms. The quantitative estimate of drug-likeness (QED) is 0.513. The Morgan fingerprint density at radius 3 is 2.26 bits per heavy atom. The van der Waals surface area contributed by atoms with Crippen LogP contribution in [0, 0.1) is 5.82 Å². The first-order chi connectivity index (χ1) is 12.6. The van der Waals surface area contributed by atoms with E-state index in [1.54, 1.807) is 0 Å². The van der Waals surface area contributed by atoms with E-state index in [0.29, 0.717) is 6.07 Å². The van der Waals surface area contributed by atoms with Gasteiger partial charge in [-0.3, -0.25) is 0 Å². The first-order valence-electron chi connectivity index (χ1n) is 7.23. The van der Waals surface area contributed by atoms with E-state index in [4.69, 9.17) is 0 Å². The molecule has 0 N–H and O–H groups in total. The normalized spacial score (nSPS) is 14.3. The van der Waals surface area contributed by atoms with Crippen LogP contribution < -0.4 is 4.90 Å². The molecule has 10 heteroatoms. The van der Waals surface area contributed by atoms with Crippen molar-refractivity contribution in [2.45, 2.75) is 6.18 Å². The number of ether oxygens (including phenoxy) is 2. The zero-order valence-electron chi connectivity index (χ0n) is 13.9. The fourth-order valence-corrected chi connectivity index (χ4v) is 2.74. The first kappa shape index (κ1) is 20.7. The molecule has 1 aliphatic heterocycles. The molecular formula is C17H12BrF4NO4. The van der Waals surface area contributed by atoms with Crippen LogP contribution in [0.4, 0.5) is 23.2 Å². The molecule has 0 saturated carbocycles. The number of methoxy groups -OCH3 is 2. The second-order valence-corrected chi connectivity index (χ2v) is 5.90. The Morgan fingerprint density at radius 1 is 1.07 bits per heavy atom. The van der Waals surface area contributed by atoms with Crippen molar-refractivity contribution in [1.82, 2.24) is 0 Å². The molecule has 0 saturated heterocycles. The largest absolute Gasteiger partial charge is 0.465 e. The molecule has 0 spiro atoms. The minimum Gasteiger partial charge on any atom is -0.465 e. The van der Waals surface area contributed by atoms with Crippen molar-refractivity contribution < 1.29 is 36.6 Å². The summed E-state index contributed by atoms with van der Waals surface area (Å²) in [6, 6.07) is 1.42. The van der Waals surface area contributed by atoms with Crippen LogP contribution in [-0.2, 0) is 25.2 Å². The standard InChI is InChI=1S/C17H12BrF4NO4/c1-26-15(24)10-5-3-4-6-23(14(10)16(25)27-2)9-7-11(17(20,21)22)13(18)12(19)8-9/h3-8H,1-2H3. The average Bonchev–Trinajstić information content (AvgIpc) is 2.84. The van der Waals surface area contributed by atoms with E-state index < -0.39 is 39.7 Å². The number of allylic oxidation sites excluding steroid dienone is 2. The molecule has 144 valence electrons. The second-order valence-electron chi connectivity index (χ2n) is 5.10. The highest BCUT2D eigenvalue weighted by atomic mass is 79.9. The Bertz CT molecular complexity index is 874. The maximum atomic E-state index is 14.1. The van der Waals surface area contributed by atoms with Gasteiger partial charge in [-0.05, 0) is 40.2 Å². The van der Waals surface area contributed by atoms with Gasteiger partial charge in [0.05, 0.1) is 29.8 Å². The maximum Gasteiger partial charge on any atom is 0.417 e. The Balaban J connectivity index is 2.77. The highest BCUT2D eigenvalue weighted by molar-refractivity contribution is 9.10. The summed E-state index contributed by atoms with van der Waals surface area (Å²) in [5.74, 6) is -3.15. The van der Waals surface area contributed by atoms with E-state index >= 15 is 0 Å². The van der Waals surface area contributed by atoms with Crippen LogP contribution in [0.15, 0.2) is 52.3 Å². The van der Waals surface area contributed by atoms with Crippen molar-refractivity contribution in [2.75, 3.05) is 19.1 Å². The molecule has 0 amide bonds. The van der Waals surface area contributed by atoms with Crippen molar-refractivity contribution >= 4 is 33.6 Å². The molecule has 1 aromatic carbocycles. The third kappa shape index (κ3) is 4.21. The molecule has 2 rings (SSSR count). The summed E-state index contributed by atoms with van der Waals surface area (Å²) >= 11 is 2.57. The lowest BCUT2D eigenvalue weighted by molar-refractivity contribution is -0.139. The van der Waals surface area contributed by atoms with Gasteiger partial charge in [0.1, 0.15) is 11.5 Å². The molecule has 1 aliphatic rings. The summed E-state index contributed by atoms with van der Waals surface area (Å²) in [6.45, 7) is 0. The monoisotopic (exact) mass is 449 g/mol. The Labute approximate surface area is 159 Å². The number of hydrogen-bond donors (Lipinski definition) is 0. The maximum absolute atomic E-state index is 14.1. The SMILES string of the molecule is COC(=O)C1=C(C(=O)OC)N(c2cc(F)c(Br)c(C(F)(F)F)c2)C=CC=C1. The summed E-state index contributed by atoms with van der Waals surface area (Å²) in [5, 5.41) is 0. The van der Waals surface area contributed by atoms with Gasteiger partial charge in [-0.2, -0.15) is 13.2 Å². The smallest absolute Gasteiger partial charge is 0.417 e. The van der Waals surface area contributed by atoms with Crippen molar-refractivity contribution in [1.29, 1.82) is 0 Å². The van der Waals surface area contributed by atoms with Gasteiger partial charge in [-0.25, -0.2) is 14.0 Å². The van der Waals surface area contributed by atoms with Gasteiger partial charge in [-0.1, -0.05) is 6.08 Å². The van der Waals surface area contributed by atoms with E-state index in [1.165, 1.54) is 24.4 Å². The van der Waals surface area contributed by atoms with Crippen LogP contribution in [0.1, 0.15) is 5.56 Å². The number of carbonyl (C=O) groups excluding carboxylic acids is 2. The third-order valence-electron chi connectivity index (χ3n) is 3.49. The molecule has 0 bridgehead atoms. The van der Waals surface area contributed by atoms with Crippen LogP contribution in [-0.4, -0.2) is 26.2 Å². The third-order valence-corrected chi connectivity index (χ3v) is 4.29. The number of esters is 2. The van der Waals surface area contributed by atoms with E-state index in [0.717, 1.165) is 25.2 Å². The van der Waals surface area contributed by atoms with Crippen LogP contribution in [0.25, 0.3) is 0 Å². The lowest BCUT2D eigenvalue weighted by Gasteiger charge is -2.24. The minimum absolute atomic E-state index is 0.272. The number of carbonyl (C=O) groups is 2. The fourth-order valence-electron chi connectivity index (χ4n) is 2.29. The molecule has 0 fully saturated rings. The lowest BCUT2D eigenvalue weighted by Crippen LogP contribution is -2.27. The van der Waals surface area contributed by atoms with E-state index in [2.05, 4.69) is 25.4 Å². The molecule has 1 aromatic rings. The van der Waals surface area contributed by atoms with E-state index in [-0.39, 0.29) is 11.3 Å². The molecule has 0 aliphatic carbocycles. The predicted molar refractivity (Wildman–Crippen MR) is 90.9 cm³/mol. The average molecular weight is 450 g/mol. The number of benzene rings is 1. The van der Waals surface area contributed by atoms with E-state index in [1.807, 2.05) is 0 Å². The summed E-state index contributed by atoms with van der Waals surface area (Å²) < 4.78 is 62.2. The Morgan fingerprint density at radius 2 is 1.70 bits per heavy atom. The van der Waals surface area contributed by atoms with Crippen molar-refractivity contribution in [2.24, 2.45) is 0 Å². The zero-order chi connectivity index (χ0) is 20.4. The van der Waals surface area contributed by atoms with Crippen LogP contribution in [0.5, 0.6) is 0 Å². The van der Waals surface area contributed by atoms with Gasteiger partial charge < -0.3 is 14.4 Å². The molecule has 0 radical (unpaired) electrons. The summed E-state index contributed by atoms with van der Waals surface area (Å²) in [6.07, 6.45) is 0.293. The molecule has 1 heterocycles. The predicted octanol–water partition coefficient (Wildman–Crippen LogP) is 4.10. The zero-order valence-corrected chi connectivity index (χ0v) is 15.5. The number of anilines is 1. The molecule has 5 nitrogen and oxygen atoms in total. The fraction of sp³-hybridized carbons (Fsp3) is 0.176. The summed E-state index contributed by atoms with van der Waals surface area (Å²) in [4.78, 5) is 25.2. The van der Waals surface area contributed by atoms with Crippen molar-refractivity contribution in [3.63, 3.8) is 0 Å². The highest BCUT2D eigenvalue weighted by Gasteiger charge is 2.36. The van der Waals surface area contributed by atoms with Crippen LogP contribution >= 0.6 is 15.9 Å². The molecule has 0 atom stereocenters. The molecular weight excluding hydrogens is 438 g/mol. The summed E-state index contributed by atoms with van der Waals surface area (Å²) in [5.41, 5.74) is -2.33. The number of rotatable bonds is 3. The molecule has 0 unspecified atom stereocenters. The second kappa shape index (κ2) is 7.95. The minimum atomic E-state index is -4.86. The van der Waals surface area contributed by atoms with Crippen molar-refractivity contribution in [3.05, 3.63) is 63.7 Å². The topological polar surface area (TPSA) is 55.8 Å². The van der Waals surface area contributed by atoms with Gasteiger partial charge in [0.15, 0.2) is 0 Å². The van der Waals surface area contributed by atoms with Crippen molar-refractivity contribution in [3.8, 4) is 0 Å². The Hall–Kier alpha value is -2.62. The van der Waals surface area contributed by atoms with Gasteiger partial charge in [0, 0.05) is 11.9 Å². The van der Waals surface area contributed by atoms with Crippen LogP contribution in [0.2, 0.25) is 0 Å². The van der Waals surface area contributed by atoms with Gasteiger partial charge in [0.2, 0.25) is 0 Å². The van der Waals surface area contributed by atoms with Crippen LogP contribution in [0.3, 0.4) is 0 Å². The number of nitrogens with zero attached hydrogens (tertiary/aromatic N) is 1. The lowest BCUT2D eigenvalue weighted by atomic mass is 10.1. The summed E-state index contributed by atoms with van der Waals surface area (Å²) in [7, 11) is 2.10. The number of hydrogen-bond acceptors (Lipinski definition) is 5. The number of alkyl halides is 3. The van der Waals surface area contributed by atoms with E-state index in [9.17, 15) is 27.2 Å². The highest BCUT2D eigenvalue weighted by Crippen LogP contribution is 2.40.